The maximum Gasteiger partial charge on any atom is 0.138 e. The summed E-state index contributed by atoms with van der Waals surface area (Å²) in [4.78, 5) is 11.9. The molecule has 1 atom stereocenters. The van der Waals surface area contributed by atoms with Crippen LogP contribution in [0, 0.1) is 6.92 Å². The summed E-state index contributed by atoms with van der Waals surface area (Å²) >= 11 is 0. The maximum atomic E-state index is 11.9. The van der Waals surface area contributed by atoms with Crippen molar-refractivity contribution in [2.75, 3.05) is 6.54 Å². The molecule has 1 aromatic carbocycles. The predicted molar refractivity (Wildman–Crippen MR) is 65.5 cm³/mol. The summed E-state index contributed by atoms with van der Waals surface area (Å²) in [6.07, 6.45) is 3.64. The molecule has 0 amide bonds. The summed E-state index contributed by atoms with van der Waals surface area (Å²) in [5.41, 5.74) is 2.39. The Labute approximate surface area is 97.1 Å². The zero-order valence-corrected chi connectivity index (χ0v) is 9.83. The Balaban J connectivity index is 1.89. The van der Waals surface area contributed by atoms with E-state index in [0.29, 0.717) is 24.7 Å². The Morgan fingerprint density at radius 3 is 2.94 bits per heavy atom. The van der Waals surface area contributed by atoms with Crippen LogP contribution in [0.2, 0.25) is 0 Å². The molecule has 1 fully saturated rings. The predicted octanol–water partition coefficient (Wildman–Crippen LogP) is 2.25. The second kappa shape index (κ2) is 5.26. The summed E-state index contributed by atoms with van der Waals surface area (Å²) < 4.78 is 0. The monoisotopic (exact) mass is 217 g/mol. The standard InChI is InChI=1S/C14H19NO/c1-11-5-2-3-6-12(11)9-14(16)10-13-7-4-8-15-13/h2-3,5-6,13,15H,4,7-10H2,1H3. The van der Waals surface area contributed by atoms with Gasteiger partial charge in [-0.05, 0) is 37.4 Å². The first-order valence-corrected chi connectivity index (χ1v) is 6.05. The van der Waals surface area contributed by atoms with E-state index >= 15 is 0 Å². The van der Waals surface area contributed by atoms with E-state index in [9.17, 15) is 4.79 Å². The maximum absolute atomic E-state index is 11.9. The smallest absolute Gasteiger partial charge is 0.138 e. The van der Waals surface area contributed by atoms with Gasteiger partial charge in [-0.25, -0.2) is 0 Å². The fourth-order valence-electron chi connectivity index (χ4n) is 2.30. The lowest BCUT2D eigenvalue weighted by molar-refractivity contribution is -0.118. The number of Topliss-reactive ketones (excluding diaryl/α,β-unsaturated/α-hetero) is 1. The number of nitrogens with one attached hydrogen (secondary N) is 1. The third-order valence-electron chi connectivity index (χ3n) is 3.29. The molecule has 16 heavy (non-hydrogen) atoms. The van der Waals surface area contributed by atoms with Crippen molar-refractivity contribution in [2.45, 2.75) is 38.6 Å². The van der Waals surface area contributed by atoms with Gasteiger partial charge in [-0.15, -0.1) is 0 Å². The lowest BCUT2D eigenvalue weighted by atomic mass is 9.99. The molecule has 1 aliphatic rings. The van der Waals surface area contributed by atoms with Crippen LogP contribution in [0.25, 0.3) is 0 Å². The summed E-state index contributed by atoms with van der Waals surface area (Å²) in [5.74, 6) is 0.355. The van der Waals surface area contributed by atoms with Crippen molar-refractivity contribution in [3.05, 3.63) is 35.4 Å². The quantitative estimate of drug-likeness (QED) is 0.838. The minimum Gasteiger partial charge on any atom is -0.314 e. The molecule has 0 saturated carbocycles. The zero-order valence-electron chi connectivity index (χ0n) is 9.83. The van der Waals surface area contributed by atoms with Crippen LogP contribution in [-0.2, 0) is 11.2 Å². The Bertz CT molecular complexity index is 367. The van der Waals surface area contributed by atoms with Gasteiger partial charge in [0.15, 0.2) is 0 Å². The normalized spacial score (nSPS) is 19.9. The number of hydrogen-bond acceptors (Lipinski definition) is 2. The molecule has 2 heteroatoms. The number of benzene rings is 1. The number of rotatable bonds is 4. The summed E-state index contributed by atoms with van der Waals surface area (Å²) in [5, 5.41) is 3.37. The van der Waals surface area contributed by atoms with Gasteiger partial charge in [0.2, 0.25) is 0 Å². The van der Waals surface area contributed by atoms with E-state index in [-0.39, 0.29) is 0 Å². The van der Waals surface area contributed by atoms with Crippen molar-refractivity contribution in [1.29, 1.82) is 0 Å². The van der Waals surface area contributed by atoms with Gasteiger partial charge in [-0.3, -0.25) is 4.79 Å². The number of hydrogen-bond donors (Lipinski definition) is 1. The summed E-state index contributed by atoms with van der Waals surface area (Å²) in [6, 6.07) is 8.56. The van der Waals surface area contributed by atoms with Crippen molar-refractivity contribution in [3.8, 4) is 0 Å². The van der Waals surface area contributed by atoms with Crippen LogP contribution in [-0.4, -0.2) is 18.4 Å². The van der Waals surface area contributed by atoms with E-state index < -0.39 is 0 Å². The van der Waals surface area contributed by atoms with E-state index in [1.165, 1.54) is 17.5 Å². The van der Waals surface area contributed by atoms with E-state index in [0.717, 1.165) is 13.0 Å². The largest absolute Gasteiger partial charge is 0.314 e. The van der Waals surface area contributed by atoms with Gasteiger partial charge in [0.05, 0.1) is 0 Å². The highest BCUT2D eigenvalue weighted by Crippen LogP contribution is 2.13. The van der Waals surface area contributed by atoms with E-state index in [1.807, 2.05) is 12.1 Å². The van der Waals surface area contributed by atoms with Gasteiger partial charge in [-0.1, -0.05) is 24.3 Å². The molecule has 1 N–H and O–H groups in total. The second-order valence-electron chi connectivity index (χ2n) is 4.64. The Morgan fingerprint density at radius 1 is 1.44 bits per heavy atom. The van der Waals surface area contributed by atoms with Crippen LogP contribution in [0.15, 0.2) is 24.3 Å². The Hall–Kier alpha value is -1.15. The van der Waals surface area contributed by atoms with Crippen LogP contribution >= 0.6 is 0 Å². The van der Waals surface area contributed by atoms with Gasteiger partial charge < -0.3 is 5.32 Å². The Morgan fingerprint density at radius 2 is 2.25 bits per heavy atom. The van der Waals surface area contributed by atoms with Crippen LogP contribution in [0.4, 0.5) is 0 Å². The van der Waals surface area contributed by atoms with Gasteiger partial charge in [0.25, 0.3) is 0 Å². The molecule has 1 aliphatic heterocycles. The van der Waals surface area contributed by atoms with Crippen molar-refractivity contribution in [2.24, 2.45) is 0 Å². The molecule has 0 aromatic heterocycles. The average Bonchev–Trinajstić information content (AvgIpc) is 2.74. The molecular weight excluding hydrogens is 198 g/mol. The van der Waals surface area contributed by atoms with Gasteiger partial charge in [0, 0.05) is 18.9 Å². The molecule has 0 spiro atoms. The first kappa shape index (κ1) is 11.3. The molecule has 1 heterocycles. The molecule has 0 radical (unpaired) electrons. The molecule has 0 bridgehead atoms. The van der Waals surface area contributed by atoms with Crippen molar-refractivity contribution < 1.29 is 4.79 Å². The fourth-order valence-corrected chi connectivity index (χ4v) is 2.30. The van der Waals surface area contributed by atoms with Crippen LogP contribution < -0.4 is 5.32 Å². The summed E-state index contributed by atoms with van der Waals surface area (Å²) in [7, 11) is 0. The topological polar surface area (TPSA) is 29.1 Å². The third kappa shape index (κ3) is 2.92. The molecular formula is C14H19NO. The molecule has 1 unspecified atom stereocenters. The third-order valence-corrected chi connectivity index (χ3v) is 3.29. The first-order valence-electron chi connectivity index (χ1n) is 6.05. The number of carbonyl (C=O) groups is 1. The average molecular weight is 217 g/mol. The van der Waals surface area contributed by atoms with Crippen molar-refractivity contribution in [1.82, 2.24) is 5.32 Å². The minimum absolute atomic E-state index is 0.355. The minimum atomic E-state index is 0.355. The van der Waals surface area contributed by atoms with E-state index in [1.54, 1.807) is 0 Å². The summed E-state index contributed by atoms with van der Waals surface area (Å²) in [6.45, 7) is 3.14. The van der Waals surface area contributed by atoms with Crippen LogP contribution in [0.5, 0.6) is 0 Å². The van der Waals surface area contributed by atoms with Gasteiger partial charge in [0.1, 0.15) is 5.78 Å². The lowest BCUT2D eigenvalue weighted by Gasteiger charge is -2.09. The van der Waals surface area contributed by atoms with Crippen molar-refractivity contribution >= 4 is 5.78 Å². The SMILES string of the molecule is Cc1ccccc1CC(=O)CC1CCCN1. The highest BCUT2D eigenvalue weighted by molar-refractivity contribution is 5.81. The van der Waals surface area contributed by atoms with Crippen LogP contribution in [0.3, 0.4) is 0 Å². The first-order chi connectivity index (χ1) is 7.75. The highest BCUT2D eigenvalue weighted by Gasteiger charge is 2.17. The number of carbonyl (C=O) groups excluding carboxylic acids is 1. The lowest BCUT2D eigenvalue weighted by Crippen LogP contribution is -2.25. The molecule has 2 nitrogen and oxygen atoms in total. The van der Waals surface area contributed by atoms with Gasteiger partial charge in [-0.2, -0.15) is 0 Å². The zero-order chi connectivity index (χ0) is 11.4. The van der Waals surface area contributed by atoms with Crippen molar-refractivity contribution in [3.63, 3.8) is 0 Å². The Kier molecular flexibility index (Phi) is 3.73. The van der Waals surface area contributed by atoms with E-state index in [4.69, 9.17) is 0 Å². The number of ketones is 1. The van der Waals surface area contributed by atoms with Gasteiger partial charge >= 0.3 is 0 Å². The molecule has 0 aliphatic carbocycles. The molecule has 1 aromatic rings. The molecule has 86 valence electrons. The fraction of sp³-hybridized carbons (Fsp3) is 0.500. The second-order valence-corrected chi connectivity index (χ2v) is 4.64. The highest BCUT2D eigenvalue weighted by atomic mass is 16.1. The van der Waals surface area contributed by atoms with E-state index in [2.05, 4.69) is 24.4 Å². The molecule has 1 saturated heterocycles. The number of aryl methyl sites for hydroxylation is 1. The van der Waals surface area contributed by atoms with Crippen LogP contribution in [0.1, 0.15) is 30.4 Å². The molecule has 2 rings (SSSR count).